The molecule has 1 amide bonds. The zero-order valence-electron chi connectivity index (χ0n) is 17.3. The average molecular weight is 468 g/mol. The first-order chi connectivity index (χ1) is 15.0. The molecule has 4 rings (SSSR count). The van der Waals surface area contributed by atoms with Crippen molar-refractivity contribution < 1.29 is 4.79 Å². The minimum absolute atomic E-state index is 0.0353. The number of amides is 1. The van der Waals surface area contributed by atoms with E-state index in [2.05, 4.69) is 36.2 Å². The van der Waals surface area contributed by atoms with E-state index < -0.39 is 0 Å². The van der Waals surface area contributed by atoms with Gasteiger partial charge in [0.2, 0.25) is 5.91 Å². The molecule has 0 radical (unpaired) electrons. The van der Waals surface area contributed by atoms with Crippen LogP contribution in [0.15, 0.2) is 65.7 Å². The van der Waals surface area contributed by atoms with Gasteiger partial charge in [-0.2, -0.15) is 0 Å². The molecule has 4 nitrogen and oxygen atoms in total. The second-order valence-electron chi connectivity index (χ2n) is 7.23. The van der Waals surface area contributed by atoms with Gasteiger partial charge in [0.05, 0.1) is 22.5 Å². The predicted molar refractivity (Wildman–Crippen MR) is 131 cm³/mol. The SMILES string of the molecule is Cc1ccc(SCCC(=O)N(Cc2ccccn2)c2nc3c(C)c(Cl)ccc3s2)cc1. The molecule has 0 unspecified atom stereocenters. The van der Waals surface area contributed by atoms with Crippen molar-refractivity contribution >= 4 is 56.0 Å². The summed E-state index contributed by atoms with van der Waals surface area (Å²) in [5.41, 5.74) is 3.84. The van der Waals surface area contributed by atoms with Crippen molar-refractivity contribution in [1.82, 2.24) is 9.97 Å². The minimum atomic E-state index is 0.0353. The number of hydrogen-bond acceptors (Lipinski definition) is 5. The van der Waals surface area contributed by atoms with Crippen molar-refractivity contribution in [3.63, 3.8) is 0 Å². The van der Waals surface area contributed by atoms with E-state index in [0.29, 0.717) is 28.9 Å². The normalized spacial score (nSPS) is 11.1. The maximum Gasteiger partial charge on any atom is 0.229 e. The number of benzene rings is 2. The Bertz CT molecular complexity index is 1190. The third-order valence-corrected chi connectivity index (χ3v) is 7.39. The van der Waals surface area contributed by atoms with Crippen LogP contribution in [-0.4, -0.2) is 21.6 Å². The maximum atomic E-state index is 13.2. The van der Waals surface area contributed by atoms with Gasteiger partial charge >= 0.3 is 0 Å². The van der Waals surface area contributed by atoms with Crippen LogP contribution in [0.3, 0.4) is 0 Å². The third kappa shape index (κ3) is 5.26. The number of thiazole rings is 1. The Labute approximate surface area is 195 Å². The van der Waals surface area contributed by atoms with Crippen LogP contribution >= 0.6 is 34.7 Å². The molecule has 0 saturated heterocycles. The minimum Gasteiger partial charge on any atom is -0.282 e. The second kappa shape index (κ2) is 9.81. The van der Waals surface area contributed by atoms with E-state index in [9.17, 15) is 4.79 Å². The molecule has 0 N–H and O–H groups in total. The number of carbonyl (C=O) groups excluding carboxylic acids is 1. The van der Waals surface area contributed by atoms with E-state index in [1.807, 2.05) is 37.3 Å². The molecule has 2 heterocycles. The highest BCUT2D eigenvalue weighted by atomic mass is 35.5. The Morgan fingerprint density at radius 1 is 1.10 bits per heavy atom. The highest BCUT2D eigenvalue weighted by molar-refractivity contribution is 7.99. The van der Waals surface area contributed by atoms with Crippen LogP contribution in [0, 0.1) is 13.8 Å². The fourth-order valence-corrected chi connectivity index (χ4v) is 5.18. The number of halogens is 1. The monoisotopic (exact) mass is 467 g/mol. The lowest BCUT2D eigenvalue weighted by Crippen LogP contribution is -2.30. The van der Waals surface area contributed by atoms with Gasteiger partial charge in [-0.1, -0.05) is 46.7 Å². The lowest BCUT2D eigenvalue weighted by atomic mass is 10.2. The summed E-state index contributed by atoms with van der Waals surface area (Å²) in [6.45, 7) is 4.42. The van der Waals surface area contributed by atoms with Gasteiger partial charge in [-0.15, -0.1) is 11.8 Å². The van der Waals surface area contributed by atoms with Crippen LogP contribution < -0.4 is 4.90 Å². The number of thioether (sulfide) groups is 1. The van der Waals surface area contributed by atoms with Crippen LogP contribution in [0.25, 0.3) is 10.2 Å². The van der Waals surface area contributed by atoms with E-state index in [4.69, 9.17) is 16.6 Å². The van der Waals surface area contributed by atoms with E-state index >= 15 is 0 Å². The fraction of sp³-hybridized carbons (Fsp3) is 0.208. The van der Waals surface area contributed by atoms with Gasteiger partial charge in [-0.05, 0) is 55.8 Å². The van der Waals surface area contributed by atoms with Gasteiger partial charge in [0.25, 0.3) is 0 Å². The summed E-state index contributed by atoms with van der Waals surface area (Å²) in [5, 5.41) is 1.36. The molecule has 2 aromatic carbocycles. The number of nitrogens with zero attached hydrogens (tertiary/aromatic N) is 3. The molecule has 0 spiro atoms. The van der Waals surface area contributed by atoms with Crippen LogP contribution in [0.2, 0.25) is 5.02 Å². The van der Waals surface area contributed by atoms with E-state index in [1.165, 1.54) is 21.8 Å². The molecule has 7 heteroatoms. The van der Waals surface area contributed by atoms with Crippen molar-refractivity contribution in [3.05, 3.63) is 82.6 Å². The van der Waals surface area contributed by atoms with Crippen LogP contribution in [0.1, 0.15) is 23.2 Å². The van der Waals surface area contributed by atoms with Gasteiger partial charge in [0, 0.05) is 28.3 Å². The molecule has 0 aliphatic rings. The zero-order valence-corrected chi connectivity index (χ0v) is 19.7. The topological polar surface area (TPSA) is 46.1 Å². The van der Waals surface area contributed by atoms with Crippen LogP contribution in [0.5, 0.6) is 0 Å². The molecule has 0 aliphatic carbocycles. The Balaban J connectivity index is 1.56. The molecule has 0 bridgehead atoms. The summed E-state index contributed by atoms with van der Waals surface area (Å²) >= 11 is 9.47. The highest BCUT2D eigenvalue weighted by Gasteiger charge is 2.21. The van der Waals surface area contributed by atoms with Crippen molar-refractivity contribution in [2.45, 2.75) is 31.7 Å². The first kappa shape index (κ1) is 21.8. The average Bonchev–Trinajstić information content (AvgIpc) is 3.21. The summed E-state index contributed by atoms with van der Waals surface area (Å²) in [7, 11) is 0. The largest absolute Gasteiger partial charge is 0.282 e. The molecular formula is C24H22ClN3OS2. The fourth-order valence-electron chi connectivity index (χ4n) is 3.15. The zero-order chi connectivity index (χ0) is 21.8. The first-order valence-corrected chi connectivity index (χ1v) is 12.1. The summed E-state index contributed by atoms with van der Waals surface area (Å²) in [4.78, 5) is 25.3. The lowest BCUT2D eigenvalue weighted by Gasteiger charge is -2.19. The van der Waals surface area contributed by atoms with Gasteiger partial charge in [0.1, 0.15) is 0 Å². The summed E-state index contributed by atoms with van der Waals surface area (Å²) < 4.78 is 1.02. The number of hydrogen-bond donors (Lipinski definition) is 0. The van der Waals surface area contributed by atoms with Crippen molar-refractivity contribution in [2.24, 2.45) is 0 Å². The van der Waals surface area contributed by atoms with Gasteiger partial charge < -0.3 is 0 Å². The molecular weight excluding hydrogens is 446 g/mol. The standard InChI is InChI=1S/C24H22ClN3OS2/c1-16-6-8-19(9-7-16)30-14-12-22(29)28(15-18-5-3-4-13-26-18)24-27-23-17(2)20(25)10-11-21(23)31-24/h3-11,13H,12,14-15H2,1-2H3. The molecule has 0 fully saturated rings. The number of pyridine rings is 1. The van der Waals surface area contributed by atoms with Crippen molar-refractivity contribution in [2.75, 3.05) is 10.7 Å². The van der Waals surface area contributed by atoms with E-state index in [-0.39, 0.29) is 5.91 Å². The molecule has 4 aromatic rings. The number of anilines is 1. The van der Waals surface area contributed by atoms with E-state index in [1.54, 1.807) is 22.9 Å². The van der Waals surface area contributed by atoms with Gasteiger partial charge in [0.15, 0.2) is 5.13 Å². The first-order valence-electron chi connectivity index (χ1n) is 9.96. The molecule has 0 atom stereocenters. The maximum absolute atomic E-state index is 13.2. The Kier molecular flexibility index (Phi) is 6.90. The van der Waals surface area contributed by atoms with Crippen molar-refractivity contribution in [3.8, 4) is 0 Å². The van der Waals surface area contributed by atoms with Crippen molar-refractivity contribution in [1.29, 1.82) is 0 Å². The third-order valence-electron chi connectivity index (χ3n) is 4.92. The Hall–Kier alpha value is -2.41. The molecule has 0 saturated carbocycles. The Morgan fingerprint density at radius 2 is 1.90 bits per heavy atom. The number of aryl methyl sites for hydroxylation is 2. The molecule has 158 valence electrons. The lowest BCUT2D eigenvalue weighted by molar-refractivity contribution is -0.118. The summed E-state index contributed by atoms with van der Waals surface area (Å²) in [5.74, 6) is 0.740. The smallest absolute Gasteiger partial charge is 0.229 e. The number of aromatic nitrogens is 2. The molecule has 0 aliphatic heterocycles. The predicted octanol–water partition coefficient (Wildman–Crippen LogP) is 6.68. The second-order valence-corrected chi connectivity index (χ2v) is 9.81. The number of carbonyl (C=O) groups is 1. The van der Waals surface area contributed by atoms with Gasteiger partial charge in [-0.25, -0.2) is 4.98 Å². The molecule has 31 heavy (non-hydrogen) atoms. The van der Waals surface area contributed by atoms with E-state index in [0.717, 1.165) is 21.5 Å². The van der Waals surface area contributed by atoms with Gasteiger partial charge in [-0.3, -0.25) is 14.7 Å². The number of fused-ring (bicyclic) bond motifs is 1. The summed E-state index contributed by atoms with van der Waals surface area (Å²) in [6.07, 6.45) is 2.16. The number of rotatable bonds is 7. The quantitative estimate of drug-likeness (QED) is 0.284. The highest BCUT2D eigenvalue weighted by Crippen LogP contribution is 2.34. The Morgan fingerprint density at radius 3 is 2.65 bits per heavy atom. The van der Waals surface area contributed by atoms with Crippen LogP contribution in [0.4, 0.5) is 5.13 Å². The summed E-state index contributed by atoms with van der Waals surface area (Å²) in [6, 6.07) is 17.9. The van der Waals surface area contributed by atoms with Crippen LogP contribution in [-0.2, 0) is 11.3 Å². The molecule has 2 aromatic heterocycles.